The monoisotopic (exact) mass is 437 g/mol. The van der Waals surface area contributed by atoms with Crippen LogP contribution in [0.2, 0.25) is 0 Å². The van der Waals surface area contributed by atoms with E-state index in [1.807, 2.05) is 0 Å². The molecule has 1 atom stereocenters. The van der Waals surface area contributed by atoms with Crippen molar-refractivity contribution in [2.75, 3.05) is 18.4 Å². The molecule has 4 rings (SSSR count). The molecule has 3 N–H and O–H groups in total. The van der Waals surface area contributed by atoms with Crippen molar-refractivity contribution in [3.63, 3.8) is 0 Å². The molecule has 0 unspecified atom stereocenters. The van der Waals surface area contributed by atoms with Crippen LogP contribution in [0.1, 0.15) is 60.6 Å². The highest BCUT2D eigenvalue weighted by atomic mass is 16.2. The zero-order valence-corrected chi connectivity index (χ0v) is 18.0. The first-order valence-electron chi connectivity index (χ1n) is 11.0. The number of benzene rings is 1. The molecule has 2 saturated carbocycles. The molecule has 0 radical (unpaired) electrons. The van der Waals surface area contributed by atoms with Crippen LogP contribution in [0.5, 0.6) is 0 Å². The van der Waals surface area contributed by atoms with E-state index in [9.17, 15) is 19.2 Å². The van der Waals surface area contributed by atoms with Crippen molar-refractivity contribution >= 4 is 23.4 Å². The summed E-state index contributed by atoms with van der Waals surface area (Å²) in [5, 5.41) is 12.6. The smallest absolute Gasteiger partial charge is 0.267 e. The fourth-order valence-corrected chi connectivity index (χ4v) is 3.33. The fraction of sp³-hybridized carbons (Fsp3) is 0.435. The van der Waals surface area contributed by atoms with Gasteiger partial charge in [-0.2, -0.15) is 5.10 Å². The Morgan fingerprint density at radius 1 is 1.00 bits per heavy atom. The minimum atomic E-state index is -0.740. The number of nitrogens with zero attached hydrogens (tertiary/aromatic N) is 2. The number of amides is 3. The van der Waals surface area contributed by atoms with Gasteiger partial charge < -0.3 is 16.0 Å². The maximum Gasteiger partial charge on any atom is 0.267 e. The molecular formula is C23H27N5O4. The predicted octanol–water partition coefficient (Wildman–Crippen LogP) is 1.58. The lowest BCUT2D eigenvalue weighted by Gasteiger charge is -2.15. The Morgan fingerprint density at radius 2 is 1.69 bits per heavy atom. The Morgan fingerprint density at radius 3 is 2.34 bits per heavy atom. The minimum Gasteiger partial charge on any atom is -0.352 e. The van der Waals surface area contributed by atoms with Crippen LogP contribution in [-0.4, -0.2) is 40.6 Å². The standard InChI is InChI=1S/C23H27N5O4/c1-14(28-20(29)11-10-19(27-28)15-2-3-15)21(30)24-12-13-25-22(31)16-6-8-18(9-7-16)26-23(32)17-4-5-17/h6-11,14-15,17H,2-5,12-13H2,1H3,(H,24,30)(H,25,31)(H,26,32)/t14-/m0/s1. The molecule has 0 saturated heterocycles. The molecule has 0 aliphatic heterocycles. The number of carbonyl (C=O) groups excluding carboxylic acids is 3. The highest BCUT2D eigenvalue weighted by Crippen LogP contribution is 2.38. The van der Waals surface area contributed by atoms with Gasteiger partial charge in [-0.25, -0.2) is 4.68 Å². The molecule has 2 aromatic rings. The Kier molecular flexibility index (Phi) is 6.34. The molecule has 168 valence electrons. The molecule has 9 nitrogen and oxygen atoms in total. The number of nitrogens with one attached hydrogen (secondary N) is 3. The van der Waals surface area contributed by atoms with Gasteiger partial charge in [-0.3, -0.25) is 19.2 Å². The summed E-state index contributed by atoms with van der Waals surface area (Å²) in [7, 11) is 0. The Labute approximate surface area is 185 Å². The third-order valence-electron chi connectivity index (χ3n) is 5.66. The second-order valence-electron chi connectivity index (χ2n) is 8.38. The van der Waals surface area contributed by atoms with Gasteiger partial charge in [-0.15, -0.1) is 0 Å². The van der Waals surface area contributed by atoms with Crippen LogP contribution in [0.25, 0.3) is 0 Å². The summed E-state index contributed by atoms with van der Waals surface area (Å²) in [5.41, 5.74) is 1.65. The molecule has 3 amide bonds. The number of hydrogen-bond donors (Lipinski definition) is 3. The van der Waals surface area contributed by atoms with Gasteiger partial charge >= 0.3 is 0 Å². The molecule has 1 aromatic heterocycles. The maximum absolute atomic E-state index is 12.4. The van der Waals surface area contributed by atoms with Crippen LogP contribution in [0.3, 0.4) is 0 Å². The Balaban J connectivity index is 1.22. The van der Waals surface area contributed by atoms with E-state index in [4.69, 9.17) is 0 Å². The summed E-state index contributed by atoms with van der Waals surface area (Å²) in [6, 6.07) is 9.11. The zero-order valence-electron chi connectivity index (χ0n) is 18.0. The summed E-state index contributed by atoms with van der Waals surface area (Å²) < 4.78 is 1.21. The van der Waals surface area contributed by atoms with Gasteiger partial charge in [0.2, 0.25) is 11.8 Å². The average Bonchev–Trinajstić information content (AvgIpc) is 3.69. The van der Waals surface area contributed by atoms with Crippen molar-refractivity contribution in [3.8, 4) is 0 Å². The van der Waals surface area contributed by atoms with E-state index in [2.05, 4.69) is 21.0 Å². The zero-order chi connectivity index (χ0) is 22.7. The molecule has 2 fully saturated rings. The number of rotatable bonds is 9. The topological polar surface area (TPSA) is 122 Å². The molecule has 2 aliphatic rings. The Hall–Kier alpha value is -3.49. The van der Waals surface area contributed by atoms with E-state index < -0.39 is 6.04 Å². The second-order valence-corrected chi connectivity index (χ2v) is 8.38. The number of anilines is 1. The minimum absolute atomic E-state index is 0.0175. The summed E-state index contributed by atoms with van der Waals surface area (Å²) in [6.07, 6.45) is 3.98. The van der Waals surface area contributed by atoms with Crippen LogP contribution >= 0.6 is 0 Å². The third-order valence-corrected chi connectivity index (χ3v) is 5.66. The predicted molar refractivity (Wildman–Crippen MR) is 118 cm³/mol. The first kappa shape index (κ1) is 21.7. The van der Waals surface area contributed by atoms with Gasteiger partial charge in [0.25, 0.3) is 11.5 Å². The van der Waals surface area contributed by atoms with Crippen molar-refractivity contribution in [1.29, 1.82) is 0 Å². The Bertz CT molecular complexity index is 1070. The molecule has 32 heavy (non-hydrogen) atoms. The van der Waals surface area contributed by atoms with Gasteiger partial charge in [0.15, 0.2) is 0 Å². The molecule has 1 aromatic carbocycles. The quantitative estimate of drug-likeness (QED) is 0.514. The van der Waals surface area contributed by atoms with E-state index in [-0.39, 0.29) is 42.3 Å². The summed E-state index contributed by atoms with van der Waals surface area (Å²) >= 11 is 0. The normalized spacial score (nSPS) is 16.2. The molecule has 0 bridgehead atoms. The first-order chi connectivity index (χ1) is 15.4. The van der Waals surface area contributed by atoms with E-state index >= 15 is 0 Å². The molecule has 2 aliphatic carbocycles. The van der Waals surface area contributed by atoms with Gasteiger partial charge in [-0.1, -0.05) is 0 Å². The summed E-state index contributed by atoms with van der Waals surface area (Å²) in [4.78, 5) is 48.6. The lowest BCUT2D eigenvalue weighted by Crippen LogP contribution is -2.40. The SMILES string of the molecule is C[C@@H](C(=O)NCCNC(=O)c1ccc(NC(=O)C2CC2)cc1)n1nc(C2CC2)ccc1=O. The summed E-state index contributed by atoms with van der Waals surface area (Å²) in [6.45, 7) is 2.09. The van der Waals surface area contributed by atoms with Crippen molar-refractivity contribution < 1.29 is 14.4 Å². The van der Waals surface area contributed by atoms with Crippen LogP contribution in [0, 0.1) is 5.92 Å². The lowest BCUT2D eigenvalue weighted by molar-refractivity contribution is -0.124. The van der Waals surface area contributed by atoms with Crippen LogP contribution in [0.4, 0.5) is 5.69 Å². The number of hydrogen-bond acceptors (Lipinski definition) is 5. The van der Waals surface area contributed by atoms with Crippen molar-refractivity contribution in [1.82, 2.24) is 20.4 Å². The highest BCUT2D eigenvalue weighted by molar-refractivity contribution is 5.96. The van der Waals surface area contributed by atoms with Gasteiger partial charge in [0.1, 0.15) is 6.04 Å². The summed E-state index contributed by atoms with van der Waals surface area (Å²) in [5.74, 6) is -0.0906. The van der Waals surface area contributed by atoms with Crippen molar-refractivity contribution in [2.24, 2.45) is 5.92 Å². The number of aromatic nitrogens is 2. The van der Waals surface area contributed by atoms with Crippen molar-refractivity contribution in [2.45, 2.75) is 44.6 Å². The van der Waals surface area contributed by atoms with Gasteiger partial charge in [0.05, 0.1) is 5.69 Å². The lowest BCUT2D eigenvalue weighted by atomic mass is 10.2. The van der Waals surface area contributed by atoms with E-state index in [1.165, 1.54) is 10.7 Å². The van der Waals surface area contributed by atoms with Crippen LogP contribution in [-0.2, 0) is 9.59 Å². The fourth-order valence-electron chi connectivity index (χ4n) is 3.33. The molecular weight excluding hydrogens is 410 g/mol. The van der Waals surface area contributed by atoms with Crippen LogP contribution in [0.15, 0.2) is 41.2 Å². The average molecular weight is 438 g/mol. The van der Waals surface area contributed by atoms with Crippen LogP contribution < -0.4 is 21.5 Å². The molecule has 1 heterocycles. The largest absolute Gasteiger partial charge is 0.352 e. The van der Waals surface area contributed by atoms with E-state index in [1.54, 1.807) is 37.3 Å². The first-order valence-corrected chi connectivity index (χ1v) is 11.0. The number of carbonyl (C=O) groups is 3. The van der Waals surface area contributed by atoms with Gasteiger partial charge in [0, 0.05) is 42.2 Å². The van der Waals surface area contributed by atoms with Crippen molar-refractivity contribution in [3.05, 3.63) is 58.0 Å². The molecule has 0 spiro atoms. The highest BCUT2D eigenvalue weighted by Gasteiger charge is 2.29. The third kappa shape index (κ3) is 5.40. The van der Waals surface area contributed by atoms with Gasteiger partial charge in [-0.05, 0) is 62.9 Å². The second kappa shape index (κ2) is 9.33. The van der Waals surface area contributed by atoms with E-state index in [0.717, 1.165) is 31.4 Å². The van der Waals surface area contributed by atoms with E-state index in [0.29, 0.717) is 17.2 Å². The molecule has 9 heteroatoms. The maximum atomic E-state index is 12.4.